The van der Waals surface area contributed by atoms with Crippen LogP contribution in [0, 0.1) is 6.92 Å². The molecule has 0 spiro atoms. The van der Waals surface area contributed by atoms with Crippen molar-refractivity contribution >= 4 is 40.1 Å². The van der Waals surface area contributed by atoms with Crippen molar-refractivity contribution in [2.24, 2.45) is 0 Å². The maximum atomic E-state index is 11.7. The number of carbonyl (C=O) groups is 2. The van der Waals surface area contributed by atoms with Gasteiger partial charge in [0, 0.05) is 11.6 Å². The fourth-order valence-corrected chi connectivity index (χ4v) is 2.65. The molecule has 0 radical (unpaired) electrons. The molecule has 2 heterocycles. The Labute approximate surface area is 123 Å². The molecule has 0 aliphatic heterocycles. The summed E-state index contributed by atoms with van der Waals surface area (Å²) < 4.78 is 0. The molecular weight excluding hydrogens is 298 g/mol. The number of pyridine rings is 1. The van der Waals surface area contributed by atoms with E-state index in [1.807, 2.05) is 12.3 Å². The molecule has 0 atom stereocenters. The molecule has 2 aromatic rings. The highest BCUT2D eigenvalue weighted by Gasteiger charge is 2.08. The molecule has 0 unspecified atom stereocenters. The zero-order chi connectivity index (χ0) is 14.5. The van der Waals surface area contributed by atoms with Crippen LogP contribution in [-0.4, -0.2) is 32.7 Å². The normalized spacial score (nSPS) is 10.2. The van der Waals surface area contributed by atoms with Gasteiger partial charge in [0.15, 0.2) is 5.13 Å². The number of aromatic carboxylic acids is 1. The molecule has 0 saturated heterocycles. The van der Waals surface area contributed by atoms with Crippen LogP contribution in [0.25, 0.3) is 0 Å². The van der Waals surface area contributed by atoms with Crippen molar-refractivity contribution in [2.45, 2.75) is 11.9 Å². The summed E-state index contributed by atoms with van der Waals surface area (Å²) in [6.07, 6.45) is 1.27. The minimum atomic E-state index is -1.02. The topological polar surface area (TPSA) is 92.2 Å². The van der Waals surface area contributed by atoms with Crippen molar-refractivity contribution in [3.63, 3.8) is 0 Å². The Bertz CT molecular complexity index is 625. The van der Waals surface area contributed by atoms with Gasteiger partial charge in [-0.3, -0.25) is 4.79 Å². The smallest absolute Gasteiger partial charge is 0.337 e. The number of aromatic nitrogens is 2. The van der Waals surface area contributed by atoms with E-state index < -0.39 is 5.97 Å². The Balaban J connectivity index is 1.85. The van der Waals surface area contributed by atoms with Gasteiger partial charge >= 0.3 is 5.97 Å². The van der Waals surface area contributed by atoms with Gasteiger partial charge in [-0.05, 0) is 19.1 Å². The third kappa shape index (κ3) is 4.04. The molecule has 2 rings (SSSR count). The summed E-state index contributed by atoms with van der Waals surface area (Å²) in [4.78, 5) is 30.5. The SMILES string of the molecule is Cc1csc(NC(=O)CSc2ccc(C(=O)O)cn2)n1. The molecule has 20 heavy (non-hydrogen) atoms. The predicted octanol–water partition coefficient (Wildman–Crippen LogP) is 2.28. The van der Waals surface area contributed by atoms with Crippen LogP contribution in [0.2, 0.25) is 0 Å². The second-order valence-electron chi connectivity index (χ2n) is 3.82. The van der Waals surface area contributed by atoms with Crippen molar-refractivity contribution in [3.8, 4) is 0 Å². The number of carbonyl (C=O) groups excluding carboxylic acids is 1. The number of aryl methyl sites for hydroxylation is 1. The first-order valence-electron chi connectivity index (χ1n) is 5.59. The van der Waals surface area contributed by atoms with E-state index in [2.05, 4.69) is 15.3 Å². The number of nitrogens with zero attached hydrogens (tertiary/aromatic N) is 2. The number of amides is 1. The quantitative estimate of drug-likeness (QED) is 0.823. The Kier molecular flexibility index (Phi) is 4.70. The zero-order valence-corrected chi connectivity index (χ0v) is 12.1. The first kappa shape index (κ1) is 14.5. The summed E-state index contributed by atoms with van der Waals surface area (Å²) in [7, 11) is 0. The number of thioether (sulfide) groups is 1. The summed E-state index contributed by atoms with van der Waals surface area (Å²) in [6, 6.07) is 3.04. The largest absolute Gasteiger partial charge is 0.478 e. The lowest BCUT2D eigenvalue weighted by Gasteiger charge is -2.02. The van der Waals surface area contributed by atoms with Crippen LogP contribution in [-0.2, 0) is 4.79 Å². The highest BCUT2D eigenvalue weighted by Crippen LogP contribution is 2.18. The molecule has 0 fully saturated rings. The van der Waals surface area contributed by atoms with Crippen molar-refractivity contribution in [1.29, 1.82) is 0 Å². The van der Waals surface area contributed by atoms with Gasteiger partial charge in [-0.25, -0.2) is 14.8 Å². The van der Waals surface area contributed by atoms with Gasteiger partial charge < -0.3 is 10.4 Å². The number of anilines is 1. The second-order valence-corrected chi connectivity index (χ2v) is 5.67. The van der Waals surface area contributed by atoms with Crippen molar-refractivity contribution in [1.82, 2.24) is 9.97 Å². The lowest BCUT2D eigenvalue weighted by atomic mass is 10.3. The minimum absolute atomic E-state index is 0.122. The zero-order valence-electron chi connectivity index (χ0n) is 10.5. The first-order valence-corrected chi connectivity index (χ1v) is 7.45. The molecule has 2 N–H and O–H groups in total. The second kappa shape index (κ2) is 6.49. The molecule has 0 aliphatic rings. The molecule has 104 valence electrons. The van der Waals surface area contributed by atoms with Crippen LogP contribution < -0.4 is 5.32 Å². The fourth-order valence-electron chi connectivity index (χ4n) is 1.30. The number of thiazole rings is 1. The van der Waals surface area contributed by atoms with Crippen LogP contribution in [0.4, 0.5) is 5.13 Å². The minimum Gasteiger partial charge on any atom is -0.478 e. The lowest BCUT2D eigenvalue weighted by molar-refractivity contribution is -0.113. The summed E-state index contributed by atoms with van der Waals surface area (Å²) in [6.45, 7) is 1.86. The van der Waals surface area contributed by atoms with Gasteiger partial charge in [-0.2, -0.15) is 0 Å². The average molecular weight is 309 g/mol. The molecule has 0 aliphatic carbocycles. The van der Waals surface area contributed by atoms with Crippen molar-refractivity contribution < 1.29 is 14.7 Å². The molecule has 6 nitrogen and oxygen atoms in total. The predicted molar refractivity (Wildman–Crippen MR) is 77.4 cm³/mol. The molecule has 2 aromatic heterocycles. The average Bonchev–Trinajstić information content (AvgIpc) is 2.82. The van der Waals surface area contributed by atoms with Crippen molar-refractivity contribution in [2.75, 3.05) is 11.1 Å². The number of hydrogen-bond acceptors (Lipinski definition) is 6. The third-order valence-corrected chi connectivity index (χ3v) is 4.02. The van der Waals surface area contributed by atoms with Gasteiger partial charge in [0.2, 0.25) is 5.91 Å². The van der Waals surface area contributed by atoms with Crippen LogP contribution in [0.15, 0.2) is 28.7 Å². The first-order chi connectivity index (χ1) is 9.54. The summed E-state index contributed by atoms with van der Waals surface area (Å²) in [5.41, 5.74) is 0.987. The van der Waals surface area contributed by atoms with E-state index in [1.165, 1.54) is 35.4 Å². The summed E-state index contributed by atoms with van der Waals surface area (Å²) >= 11 is 2.61. The summed E-state index contributed by atoms with van der Waals surface area (Å²) in [5.74, 6) is -1.00. The maximum absolute atomic E-state index is 11.7. The van der Waals surface area contributed by atoms with E-state index in [9.17, 15) is 9.59 Å². The third-order valence-electron chi connectivity index (χ3n) is 2.20. The summed E-state index contributed by atoms with van der Waals surface area (Å²) in [5, 5.41) is 14.5. The van der Waals surface area contributed by atoms with E-state index >= 15 is 0 Å². The number of hydrogen-bond donors (Lipinski definition) is 2. The van der Waals surface area contributed by atoms with E-state index in [0.29, 0.717) is 10.2 Å². The van der Waals surface area contributed by atoms with Crippen LogP contribution >= 0.6 is 23.1 Å². The molecule has 0 bridgehead atoms. The number of carboxylic acid groups (broad SMARTS) is 1. The number of nitrogens with one attached hydrogen (secondary N) is 1. The number of rotatable bonds is 5. The molecular formula is C12H11N3O3S2. The lowest BCUT2D eigenvalue weighted by Crippen LogP contribution is -2.13. The van der Waals surface area contributed by atoms with Gasteiger partial charge in [0.25, 0.3) is 0 Å². The molecule has 8 heteroatoms. The van der Waals surface area contributed by atoms with Crippen LogP contribution in [0.1, 0.15) is 16.1 Å². The highest BCUT2D eigenvalue weighted by atomic mass is 32.2. The molecule has 0 aromatic carbocycles. The van der Waals surface area contributed by atoms with E-state index in [4.69, 9.17) is 5.11 Å². The number of carboxylic acids is 1. The van der Waals surface area contributed by atoms with Crippen LogP contribution in [0.5, 0.6) is 0 Å². The van der Waals surface area contributed by atoms with Gasteiger partial charge in [-0.15, -0.1) is 11.3 Å². The standard InChI is InChI=1S/C12H11N3O3S2/c1-7-5-20-12(14-7)15-9(16)6-19-10-3-2-8(4-13-10)11(17)18/h2-5H,6H2,1H3,(H,17,18)(H,14,15,16). The van der Waals surface area contributed by atoms with Crippen molar-refractivity contribution in [3.05, 3.63) is 35.0 Å². The van der Waals surface area contributed by atoms with Gasteiger partial charge in [-0.1, -0.05) is 11.8 Å². The van der Waals surface area contributed by atoms with E-state index in [-0.39, 0.29) is 17.2 Å². The monoisotopic (exact) mass is 309 g/mol. The Morgan fingerprint density at radius 2 is 2.25 bits per heavy atom. The van der Waals surface area contributed by atoms with Gasteiger partial charge in [0.1, 0.15) is 0 Å². The fraction of sp³-hybridized carbons (Fsp3) is 0.167. The van der Waals surface area contributed by atoms with Gasteiger partial charge in [0.05, 0.1) is 22.0 Å². The maximum Gasteiger partial charge on any atom is 0.337 e. The Hall–Kier alpha value is -1.93. The molecule has 0 saturated carbocycles. The Morgan fingerprint density at radius 3 is 2.80 bits per heavy atom. The molecule has 1 amide bonds. The van der Waals surface area contributed by atoms with E-state index in [0.717, 1.165) is 5.69 Å². The Morgan fingerprint density at radius 1 is 1.45 bits per heavy atom. The van der Waals surface area contributed by atoms with Crippen LogP contribution in [0.3, 0.4) is 0 Å². The highest BCUT2D eigenvalue weighted by molar-refractivity contribution is 7.99. The van der Waals surface area contributed by atoms with E-state index in [1.54, 1.807) is 6.07 Å².